The molecule has 2 aromatic carbocycles. The number of fused-ring (bicyclic) bond motifs is 1. The van der Waals surface area contributed by atoms with Crippen LogP contribution in [0.4, 0.5) is 5.69 Å². The Morgan fingerprint density at radius 2 is 1.68 bits per heavy atom. The van der Waals surface area contributed by atoms with Gasteiger partial charge in [-0.1, -0.05) is 42.5 Å². The molecule has 0 unspecified atom stereocenters. The van der Waals surface area contributed by atoms with E-state index in [1.165, 1.54) is 0 Å². The summed E-state index contributed by atoms with van der Waals surface area (Å²) in [6.45, 7) is 3.63. The van der Waals surface area contributed by atoms with Crippen molar-refractivity contribution in [2.75, 3.05) is 5.32 Å². The van der Waals surface area contributed by atoms with Crippen molar-refractivity contribution in [2.45, 2.75) is 39.2 Å². The van der Waals surface area contributed by atoms with Crippen LogP contribution in [0, 0.1) is 6.92 Å². The molecule has 1 aliphatic carbocycles. The highest BCUT2D eigenvalue weighted by atomic mass is 16.4. The van der Waals surface area contributed by atoms with Gasteiger partial charge >= 0.3 is 0 Å². The second-order valence-corrected chi connectivity index (χ2v) is 7.74. The Balaban J connectivity index is 1.55. The van der Waals surface area contributed by atoms with E-state index >= 15 is 0 Å². The van der Waals surface area contributed by atoms with Gasteiger partial charge in [0.05, 0.1) is 22.9 Å². The molecule has 2 amide bonds. The summed E-state index contributed by atoms with van der Waals surface area (Å²) in [6.07, 6.45) is 1.84. The zero-order valence-corrected chi connectivity index (χ0v) is 17.5. The first-order chi connectivity index (χ1) is 15.0. The number of ketones is 1. The fourth-order valence-corrected chi connectivity index (χ4v) is 3.93. The number of hydrogen-bond acceptors (Lipinski definition) is 4. The molecule has 0 radical (unpaired) electrons. The van der Waals surface area contributed by atoms with Crippen LogP contribution in [0.15, 0.2) is 59.0 Å². The summed E-state index contributed by atoms with van der Waals surface area (Å²) in [7, 11) is 0. The van der Waals surface area contributed by atoms with E-state index in [0.29, 0.717) is 41.0 Å². The monoisotopic (exact) mass is 416 g/mol. The van der Waals surface area contributed by atoms with Crippen LogP contribution in [-0.2, 0) is 6.42 Å². The fraction of sp³-hybridized carbons (Fsp3) is 0.240. The van der Waals surface area contributed by atoms with E-state index < -0.39 is 5.91 Å². The standard InChI is InChI=1S/C25H24N2O4/c1-15-22-20(28)13-8-14-21(22)31-23(15)25(30)27-19-12-7-6-11-18(19)24(29)26-16(2)17-9-4-3-5-10-17/h3-7,9-12,16H,8,13-14H2,1-2H3,(H,26,29)(H,27,30)/t16-/m1/s1. The van der Waals surface area contributed by atoms with Gasteiger partial charge in [-0.2, -0.15) is 0 Å². The molecule has 1 aromatic heterocycles. The van der Waals surface area contributed by atoms with Gasteiger partial charge in [0.1, 0.15) is 5.76 Å². The summed E-state index contributed by atoms with van der Waals surface area (Å²) in [4.78, 5) is 38.1. The number of hydrogen-bond donors (Lipinski definition) is 2. The molecule has 0 aliphatic heterocycles. The lowest BCUT2D eigenvalue weighted by Gasteiger charge is -2.16. The number of carbonyl (C=O) groups excluding carboxylic acids is 3. The topological polar surface area (TPSA) is 88.4 Å². The molecule has 1 heterocycles. The SMILES string of the molecule is Cc1c(C(=O)Nc2ccccc2C(=O)N[C@H](C)c2ccccc2)oc2c1C(=O)CCC2. The van der Waals surface area contributed by atoms with Gasteiger partial charge in [0, 0.05) is 18.4 Å². The number of amides is 2. The molecule has 1 atom stereocenters. The Labute approximate surface area is 180 Å². The van der Waals surface area contributed by atoms with Gasteiger partial charge in [-0.05, 0) is 38.0 Å². The normalized spacial score (nSPS) is 13.9. The van der Waals surface area contributed by atoms with Gasteiger partial charge in [-0.15, -0.1) is 0 Å². The summed E-state index contributed by atoms with van der Waals surface area (Å²) in [6, 6.07) is 16.3. The van der Waals surface area contributed by atoms with Crippen molar-refractivity contribution in [1.29, 1.82) is 0 Å². The predicted octanol–water partition coefficient (Wildman–Crippen LogP) is 4.85. The van der Waals surface area contributed by atoms with E-state index in [9.17, 15) is 14.4 Å². The van der Waals surface area contributed by atoms with Crippen molar-refractivity contribution >= 4 is 23.3 Å². The molecule has 0 saturated carbocycles. The smallest absolute Gasteiger partial charge is 0.291 e. The fourth-order valence-electron chi connectivity index (χ4n) is 3.93. The highest BCUT2D eigenvalue weighted by Gasteiger charge is 2.29. The average molecular weight is 416 g/mol. The largest absolute Gasteiger partial charge is 0.455 e. The van der Waals surface area contributed by atoms with E-state index in [2.05, 4.69) is 10.6 Å². The van der Waals surface area contributed by atoms with Crippen molar-refractivity contribution in [1.82, 2.24) is 5.32 Å². The van der Waals surface area contributed by atoms with Crippen molar-refractivity contribution in [2.24, 2.45) is 0 Å². The number of benzene rings is 2. The lowest BCUT2D eigenvalue weighted by molar-refractivity contribution is 0.0938. The molecule has 1 aliphatic rings. The molecule has 6 heteroatoms. The summed E-state index contributed by atoms with van der Waals surface area (Å²) < 4.78 is 5.73. The van der Waals surface area contributed by atoms with E-state index in [-0.39, 0.29) is 23.5 Å². The third-order valence-electron chi connectivity index (χ3n) is 5.58. The van der Waals surface area contributed by atoms with E-state index in [1.807, 2.05) is 37.3 Å². The molecule has 0 bridgehead atoms. The molecule has 2 N–H and O–H groups in total. The molecular formula is C25H24N2O4. The second kappa shape index (κ2) is 8.60. The van der Waals surface area contributed by atoms with Crippen LogP contribution in [0.2, 0.25) is 0 Å². The number of nitrogens with one attached hydrogen (secondary N) is 2. The van der Waals surface area contributed by atoms with E-state index in [0.717, 1.165) is 12.0 Å². The van der Waals surface area contributed by atoms with Gasteiger partial charge in [-0.3, -0.25) is 14.4 Å². The average Bonchev–Trinajstić information content (AvgIpc) is 3.12. The number of Topliss-reactive ketones (excluding diaryl/α,β-unsaturated/α-hetero) is 1. The highest BCUT2D eigenvalue weighted by molar-refractivity contribution is 6.10. The van der Waals surface area contributed by atoms with Gasteiger partial charge in [0.15, 0.2) is 11.5 Å². The number of anilines is 1. The van der Waals surface area contributed by atoms with Gasteiger partial charge in [-0.25, -0.2) is 0 Å². The predicted molar refractivity (Wildman–Crippen MR) is 117 cm³/mol. The van der Waals surface area contributed by atoms with E-state index in [4.69, 9.17) is 4.42 Å². The lowest BCUT2D eigenvalue weighted by atomic mass is 9.94. The number of para-hydroxylation sites is 1. The maximum atomic E-state index is 12.9. The Bertz CT molecular complexity index is 1150. The maximum absolute atomic E-state index is 12.9. The number of furan rings is 1. The molecule has 4 rings (SSSR count). The molecule has 158 valence electrons. The summed E-state index contributed by atoms with van der Waals surface area (Å²) >= 11 is 0. The van der Waals surface area contributed by atoms with Crippen molar-refractivity contribution < 1.29 is 18.8 Å². The van der Waals surface area contributed by atoms with Crippen LogP contribution < -0.4 is 10.6 Å². The zero-order chi connectivity index (χ0) is 22.0. The summed E-state index contributed by atoms with van der Waals surface area (Å²) in [5.74, 6) is -0.0695. The lowest BCUT2D eigenvalue weighted by Crippen LogP contribution is -2.28. The number of carbonyl (C=O) groups is 3. The minimum absolute atomic E-state index is 0.0104. The number of rotatable bonds is 5. The molecule has 0 saturated heterocycles. The van der Waals surface area contributed by atoms with Crippen molar-refractivity contribution in [3.05, 3.63) is 88.4 Å². The van der Waals surface area contributed by atoms with Gasteiger partial charge < -0.3 is 15.1 Å². The molecular weight excluding hydrogens is 392 g/mol. The zero-order valence-electron chi connectivity index (χ0n) is 17.5. The third kappa shape index (κ3) is 4.14. The first-order valence-corrected chi connectivity index (χ1v) is 10.4. The molecule has 0 fully saturated rings. The summed E-state index contributed by atoms with van der Waals surface area (Å²) in [5.41, 5.74) is 2.80. The maximum Gasteiger partial charge on any atom is 0.291 e. The van der Waals surface area contributed by atoms with Crippen LogP contribution in [0.3, 0.4) is 0 Å². The second-order valence-electron chi connectivity index (χ2n) is 7.74. The summed E-state index contributed by atoms with van der Waals surface area (Å²) in [5, 5.41) is 5.75. The Hall–Kier alpha value is -3.67. The van der Waals surface area contributed by atoms with Crippen LogP contribution in [0.1, 0.15) is 74.0 Å². The van der Waals surface area contributed by atoms with Gasteiger partial charge in [0.2, 0.25) is 0 Å². The Morgan fingerprint density at radius 1 is 0.968 bits per heavy atom. The Morgan fingerprint density at radius 3 is 2.42 bits per heavy atom. The number of aryl methyl sites for hydroxylation is 1. The quantitative estimate of drug-likeness (QED) is 0.622. The Kier molecular flexibility index (Phi) is 5.71. The molecule has 3 aromatic rings. The van der Waals surface area contributed by atoms with Crippen LogP contribution in [-0.4, -0.2) is 17.6 Å². The van der Waals surface area contributed by atoms with Crippen LogP contribution in [0.25, 0.3) is 0 Å². The molecule has 6 nitrogen and oxygen atoms in total. The van der Waals surface area contributed by atoms with Crippen LogP contribution >= 0.6 is 0 Å². The van der Waals surface area contributed by atoms with E-state index in [1.54, 1.807) is 31.2 Å². The van der Waals surface area contributed by atoms with Crippen LogP contribution in [0.5, 0.6) is 0 Å². The molecule has 31 heavy (non-hydrogen) atoms. The minimum Gasteiger partial charge on any atom is -0.455 e. The first-order valence-electron chi connectivity index (χ1n) is 10.4. The van der Waals surface area contributed by atoms with Gasteiger partial charge in [0.25, 0.3) is 11.8 Å². The van der Waals surface area contributed by atoms with Crippen molar-refractivity contribution in [3.63, 3.8) is 0 Å². The molecule has 0 spiro atoms. The highest BCUT2D eigenvalue weighted by Crippen LogP contribution is 2.30. The first kappa shape index (κ1) is 20.6. The van der Waals surface area contributed by atoms with Crippen molar-refractivity contribution in [3.8, 4) is 0 Å². The third-order valence-corrected chi connectivity index (χ3v) is 5.58. The minimum atomic E-state index is -0.476.